The molecule has 6 heteroatoms. The van der Waals surface area contributed by atoms with Gasteiger partial charge in [0.25, 0.3) is 0 Å². The van der Waals surface area contributed by atoms with Crippen molar-refractivity contribution in [1.82, 2.24) is 0 Å². The lowest BCUT2D eigenvalue weighted by Gasteiger charge is -2.11. The van der Waals surface area contributed by atoms with Crippen LogP contribution in [0.25, 0.3) is 0 Å². The summed E-state index contributed by atoms with van der Waals surface area (Å²) in [6.07, 6.45) is 1.17. The second-order valence-electron chi connectivity index (χ2n) is 4.41. The lowest BCUT2D eigenvalue weighted by atomic mass is 10.2. The molecule has 0 amide bonds. The molecule has 2 N–H and O–H groups in total. The van der Waals surface area contributed by atoms with E-state index in [4.69, 9.17) is 11.6 Å². The number of hydrogen-bond acceptors (Lipinski definition) is 4. The summed E-state index contributed by atoms with van der Waals surface area (Å²) < 4.78 is 23.3. The van der Waals surface area contributed by atoms with Gasteiger partial charge in [0.05, 0.1) is 15.6 Å². The highest BCUT2D eigenvalue weighted by molar-refractivity contribution is 7.90. The van der Waals surface area contributed by atoms with Crippen LogP contribution in [0.3, 0.4) is 0 Å². The van der Waals surface area contributed by atoms with Gasteiger partial charge in [-0.05, 0) is 29.8 Å². The maximum absolute atomic E-state index is 11.7. The number of phenols is 1. The van der Waals surface area contributed by atoms with E-state index in [9.17, 15) is 13.5 Å². The molecule has 0 unspecified atom stereocenters. The summed E-state index contributed by atoms with van der Waals surface area (Å²) in [6, 6.07) is 11.6. The predicted octanol–water partition coefficient (Wildman–Crippen LogP) is 3.06. The fourth-order valence-electron chi connectivity index (χ4n) is 1.79. The van der Waals surface area contributed by atoms with Crippen molar-refractivity contribution in [2.24, 2.45) is 0 Å². The van der Waals surface area contributed by atoms with Crippen LogP contribution < -0.4 is 5.32 Å². The topological polar surface area (TPSA) is 66.4 Å². The standard InChI is InChI=1S/C14H14ClNO3S/c1-20(18,19)14-5-3-2-4-12(14)16-9-10-6-7-13(17)11(15)8-10/h2-8,16-17H,9H2,1H3. The van der Waals surface area contributed by atoms with Gasteiger partial charge in [-0.3, -0.25) is 0 Å². The van der Waals surface area contributed by atoms with E-state index in [-0.39, 0.29) is 15.7 Å². The Morgan fingerprint density at radius 1 is 1.20 bits per heavy atom. The molecule has 0 radical (unpaired) electrons. The average Bonchev–Trinajstić information content (AvgIpc) is 2.39. The molecular formula is C14H14ClNO3S. The van der Waals surface area contributed by atoms with E-state index in [0.717, 1.165) is 5.56 Å². The van der Waals surface area contributed by atoms with Gasteiger partial charge in [-0.1, -0.05) is 29.8 Å². The number of hydrogen-bond donors (Lipinski definition) is 2. The molecule has 0 aliphatic rings. The van der Waals surface area contributed by atoms with Crippen molar-refractivity contribution < 1.29 is 13.5 Å². The smallest absolute Gasteiger partial charge is 0.177 e. The fraction of sp³-hybridized carbons (Fsp3) is 0.143. The second kappa shape index (κ2) is 5.73. The van der Waals surface area contributed by atoms with Crippen LogP contribution in [0.1, 0.15) is 5.56 Å². The van der Waals surface area contributed by atoms with Crippen molar-refractivity contribution in [3.05, 3.63) is 53.1 Å². The zero-order valence-corrected chi connectivity index (χ0v) is 12.4. The molecule has 2 aromatic rings. The van der Waals surface area contributed by atoms with E-state index < -0.39 is 9.84 Å². The summed E-state index contributed by atoms with van der Waals surface area (Å²) in [7, 11) is -3.28. The first-order valence-corrected chi connectivity index (χ1v) is 8.15. The van der Waals surface area contributed by atoms with Crippen molar-refractivity contribution in [3.63, 3.8) is 0 Å². The lowest BCUT2D eigenvalue weighted by molar-refractivity contribution is 0.475. The Kier molecular flexibility index (Phi) is 4.20. The number of benzene rings is 2. The summed E-state index contributed by atoms with van der Waals surface area (Å²) in [5, 5.41) is 12.7. The molecule has 0 saturated carbocycles. The van der Waals surface area contributed by atoms with Gasteiger partial charge in [-0.15, -0.1) is 0 Å². The lowest BCUT2D eigenvalue weighted by Crippen LogP contribution is -2.06. The van der Waals surface area contributed by atoms with Crippen molar-refractivity contribution in [2.75, 3.05) is 11.6 Å². The SMILES string of the molecule is CS(=O)(=O)c1ccccc1NCc1ccc(O)c(Cl)c1. The number of phenolic OH excluding ortho intramolecular Hbond substituents is 1. The minimum absolute atomic E-state index is 0.0203. The highest BCUT2D eigenvalue weighted by atomic mass is 35.5. The molecular weight excluding hydrogens is 298 g/mol. The van der Waals surface area contributed by atoms with Crippen molar-refractivity contribution in [2.45, 2.75) is 11.4 Å². The number of nitrogens with one attached hydrogen (secondary N) is 1. The third-order valence-electron chi connectivity index (χ3n) is 2.78. The summed E-state index contributed by atoms with van der Waals surface area (Å²) >= 11 is 5.83. The number of sulfone groups is 1. The average molecular weight is 312 g/mol. The molecule has 0 saturated heterocycles. The second-order valence-corrected chi connectivity index (χ2v) is 6.80. The first kappa shape index (κ1) is 14.7. The van der Waals surface area contributed by atoms with Crippen molar-refractivity contribution in [1.29, 1.82) is 0 Å². The van der Waals surface area contributed by atoms with Crippen molar-refractivity contribution in [3.8, 4) is 5.75 Å². The maximum atomic E-state index is 11.7. The van der Waals surface area contributed by atoms with E-state index in [1.165, 1.54) is 12.3 Å². The van der Waals surface area contributed by atoms with Gasteiger partial charge in [0, 0.05) is 12.8 Å². The summed E-state index contributed by atoms with van der Waals surface area (Å²) in [5.74, 6) is 0.0203. The first-order chi connectivity index (χ1) is 9.38. The minimum atomic E-state index is -3.28. The van der Waals surface area contributed by atoms with E-state index in [0.29, 0.717) is 12.2 Å². The number of para-hydroxylation sites is 1. The minimum Gasteiger partial charge on any atom is -0.506 e. The molecule has 0 heterocycles. The Bertz CT molecular complexity index is 729. The molecule has 0 aromatic heterocycles. The van der Waals surface area contributed by atoms with Gasteiger partial charge in [-0.25, -0.2) is 8.42 Å². The third-order valence-corrected chi connectivity index (χ3v) is 4.24. The highest BCUT2D eigenvalue weighted by Gasteiger charge is 2.12. The normalized spacial score (nSPS) is 11.3. The summed E-state index contributed by atoms with van der Waals surface area (Å²) in [6.45, 7) is 0.409. The van der Waals surface area contributed by atoms with Gasteiger partial charge in [0.2, 0.25) is 0 Å². The molecule has 0 spiro atoms. The fourth-order valence-corrected chi connectivity index (χ4v) is 2.86. The van der Waals surface area contributed by atoms with Gasteiger partial charge in [0.1, 0.15) is 5.75 Å². The monoisotopic (exact) mass is 311 g/mol. The van der Waals surface area contributed by atoms with E-state index in [1.54, 1.807) is 36.4 Å². The predicted molar refractivity (Wildman–Crippen MR) is 80.0 cm³/mol. The third kappa shape index (κ3) is 3.43. The molecule has 2 aromatic carbocycles. The Labute approximate surface area is 122 Å². The van der Waals surface area contributed by atoms with Gasteiger partial charge in [-0.2, -0.15) is 0 Å². The Morgan fingerprint density at radius 2 is 1.90 bits per heavy atom. The molecule has 106 valence electrons. The van der Waals surface area contributed by atoms with Crippen LogP contribution in [0.2, 0.25) is 5.02 Å². The molecule has 0 bridgehead atoms. The first-order valence-electron chi connectivity index (χ1n) is 5.88. The van der Waals surface area contributed by atoms with E-state index in [2.05, 4.69) is 5.32 Å². The number of halogens is 1. The number of rotatable bonds is 4. The van der Waals surface area contributed by atoms with Crippen LogP contribution in [0.4, 0.5) is 5.69 Å². The Balaban J connectivity index is 2.21. The quantitative estimate of drug-likeness (QED) is 0.910. The zero-order chi connectivity index (χ0) is 14.8. The molecule has 0 fully saturated rings. The maximum Gasteiger partial charge on any atom is 0.177 e. The van der Waals surface area contributed by atoms with Gasteiger partial charge < -0.3 is 10.4 Å². The Hall–Kier alpha value is -1.72. The van der Waals surface area contributed by atoms with Crippen LogP contribution in [0, 0.1) is 0 Å². The van der Waals surface area contributed by atoms with Crippen LogP contribution >= 0.6 is 11.6 Å². The van der Waals surface area contributed by atoms with Crippen LogP contribution in [0.5, 0.6) is 5.75 Å². The largest absolute Gasteiger partial charge is 0.506 e. The molecule has 0 aliphatic heterocycles. The molecule has 20 heavy (non-hydrogen) atoms. The molecule has 4 nitrogen and oxygen atoms in total. The van der Waals surface area contributed by atoms with Gasteiger partial charge >= 0.3 is 0 Å². The zero-order valence-electron chi connectivity index (χ0n) is 10.8. The summed E-state index contributed by atoms with van der Waals surface area (Å²) in [4.78, 5) is 0.255. The summed E-state index contributed by atoms with van der Waals surface area (Å²) in [5.41, 5.74) is 1.38. The van der Waals surface area contributed by atoms with E-state index >= 15 is 0 Å². The molecule has 2 rings (SSSR count). The van der Waals surface area contributed by atoms with Crippen LogP contribution in [-0.4, -0.2) is 19.8 Å². The number of aromatic hydroxyl groups is 1. The Morgan fingerprint density at radius 3 is 2.55 bits per heavy atom. The van der Waals surface area contributed by atoms with Crippen LogP contribution in [0.15, 0.2) is 47.4 Å². The highest BCUT2D eigenvalue weighted by Crippen LogP contribution is 2.25. The van der Waals surface area contributed by atoms with Crippen molar-refractivity contribution >= 4 is 27.1 Å². The molecule has 0 atom stereocenters. The van der Waals surface area contributed by atoms with Crippen LogP contribution in [-0.2, 0) is 16.4 Å². The number of anilines is 1. The van der Waals surface area contributed by atoms with Gasteiger partial charge in [0.15, 0.2) is 9.84 Å². The molecule has 0 aliphatic carbocycles. The van der Waals surface area contributed by atoms with E-state index in [1.807, 2.05) is 0 Å².